The Bertz CT molecular complexity index is 642. The van der Waals surface area contributed by atoms with Gasteiger partial charge in [-0.2, -0.15) is 10.2 Å². The van der Waals surface area contributed by atoms with E-state index in [1.54, 1.807) is 17.9 Å². The van der Waals surface area contributed by atoms with Crippen molar-refractivity contribution < 1.29 is 4.79 Å². The van der Waals surface area contributed by atoms with Crippen LogP contribution in [0.1, 0.15) is 29.9 Å². The normalized spacial score (nSPS) is 12.2. The van der Waals surface area contributed by atoms with Gasteiger partial charge in [-0.25, -0.2) is 0 Å². The van der Waals surface area contributed by atoms with Gasteiger partial charge in [0.15, 0.2) is 0 Å². The lowest BCUT2D eigenvalue weighted by atomic mass is 10.1. The van der Waals surface area contributed by atoms with Gasteiger partial charge in [-0.05, 0) is 20.8 Å². The van der Waals surface area contributed by atoms with Crippen LogP contribution in [-0.4, -0.2) is 32.5 Å². The minimum Gasteiger partial charge on any atom is -0.376 e. The second kappa shape index (κ2) is 5.99. The maximum absolute atomic E-state index is 11.3. The summed E-state index contributed by atoms with van der Waals surface area (Å²) in [5, 5.41) is 14.6. The molecule has 7 nitrogen and oxygen atoms in total. The monoisotopic (exact) mass is 290 g/mol. The molecule has 0 fully saturated rings. The van der Waals surface area contributed by atoms with Crippen molar-refractivity contribution in [3.8, 4) is 0 Å². The number of nitrogens with one attached hydrogen (secondary N) is 2. The van der Waals surface area contributed by atoms with Crippen LogP contribution >= 0.6 is 0 Å². The first-order valence-corrected chi connectivity index (χ1v) is 6.92. The Balaban J connectivity index is 2.09. The Morgan fingerprint density at radius 1 is 1.43 bits per heavy atom. The third kappa shape index (κ3) is 3.24. The molecule has 1 unspecified atom stereocenters. The summed E-state index contributed by atoms with van der Waals surface area (Å²) in [5.41, 5.74) is 4.24. The number of aromatic nitrogens is 4. The Kier molecular flexibility index (Phi) is 4.30. The molecule has 0 aliphatic carbocycles. The second-order valence-electron chi connectivity index (χ2n) is 5.17. The van der Waals surface area contributed by atoms with Crippen LogP contribution in [0.5, 0.6) is 0 Å². The molecule has 0 aromatic carbocycles. The molecule has 0 saturated carbocycles. The van der Waals surface area contributed by atoms with Gasteiger partial charge in [-0.1, -0.05) is 0 Å². The number of anilines is 1. The summed E-state index contributed by atoms with van der Waals surface area (Å²) >= 11 is 0. The summed E-state index contributed by atoms with van der Waals surface area (Å²) < 4.78 is 3.49. The van der Waals surface area contributed by atoms with E-state index in [0.29, 0.717) is 0 Å². The summed E-state index contributed by atoms with van der Waals surface area (Å²) in [7, 11) is 3.56. The summed E-state index contributed by atoms with van der Waals surface area (Å²) in [5.74, 6) is -0.0725. The molecule has 7 heteroatoms. The lowest BCUT2D eigenvalue weighted by molar-refractivity contribution is -0.121. The van der Waals surface area contributed by atoms with Gasteiger partial charge in [0.25, 0.3) is 0 Å². The first-order chi connectivity index (χ1) is 9.92. The van der Waals surface area contributed by atoms with E-state index in [1.807, 2.05) is 24.9 Å². The Labute approximate surface area is 124 Å². The van der Waals surface area contributed by atoms with E-state index in [0.717, 1.165) is 17.1 Å². The van der Waals surface area contributed by atoms with Crippen LogP contribution in [-0.2, 0) is 18.4 Å². The highest BCUT2D eigenvalue weighted by Crippen LogP contribution is 2.24. The number of hydrogen-bond acceptors (Lipinski definition) is 4. The van der Waals surface area contributed by atoms with E-state index in [9.17, 15) is 4.79 Å². The number of hydrogen-bond donors (Lipinski definition) is 2. The zero-order chi connectivity index (χ0) is 15.6. The van der Waals surface area contributed by atoms with E-state index in [4.69, 9.17) is 0 Å². The van der Waals surface area contributed by atoms with Gasteiger partial charge in [0, 0.05) is 31.5 Å². The van der Waals surface area contributed by atoms with Gasteiger partial charge < -0.3 is 10.6 Å². The van der Waals surface area contributed by atoms with Crippen molar-refractivity contribution in [2.75, 3.05) is 12.4 Å². The second-order valence-corrected chi connectivity index (χ2v) is 5.17. The number of rotatable bonds is 5. The largest absolute Gasteiger partial charge is 0.376 e. The number of nitrogens with zero attached hydrogens (tertiary/aromatic N) is 4. The zero-order valence-electron chi connectivity index (χ0n) is 13.1. The molecule has 2 aromatic rings. The molecular weight excluding hydrogens is 268 g/mol. The average molecular weight is 290 g/mol. The zero-order valence-corrected chi connectivity index (χ0v) is 13.1. The Morgan fingerprint density at radius 3 is 2.71 bits per heavy atom. The molecule has 0 bridgehead atoms. The van der Waals surface area contributed by atoms with Crippen LogP contribution in [0.15, 0.2) is 12.4 Å². The third-order valence-corrected chi connectivity index (χ3v) is 3.60. The first kappa shape index (κ1) is 15.1. The van der Waals surface area contributed by atoms with Gasteiger partial charge in [0.05, 0.1) is 23.6 Å². The average Bonchev–Trinajstić information content (AvgIpc) is 2.95. The number of carbonyl (C=O) groups is 1. The third-order valence-electron chi connectivity index (χ3n) is 3.60. The number of carbonyl (C=O) groups excluding carboxylic acids is 1. The summed E-state index contributed by atoms with van der Waals surface area (Å²) in [6.07, 6.45) is 3.55. The molecule has 2 rings (SSSR count). The lowest BCUT2D eigenvalue weighted by Gasteiger charge is -2.14. The number of aryl methyl sites for hydroxylation is 2. The summed E-state index contributed by atoms with van der Waals surface area (Å²) in [6, 6.07) is 0.122. The number of amides is 1. The predicted molar refractivity (Wildman–Crippen MR) is 81.0 cm³/mol. The van der Waals surface area contributed by atoms with Crippen LogP contribution < -0.4 is 10.6 Å². The van der Waals surface area contributed by atoms with Crippen LogP contribution in [0.4, 0.5) is 5.69 Å². The fourth-order valence-corrected chi connectivity index (χ4v) is 2.49. The number of likely N-dealkylation sites (N-methyl/N-ethyl adjacent to an activating group) is 1. The molecule has 1 amide bonds. The smallest absolute Gasteiger partial charge is 0.241 e. The Hall–Kier alpha value is -2.31. The molecule has 21 heavy (non-hydrogen) atoms. The van der Waals surface area contributed by atoms with Crippen LogP contribution in [0.3, 0.4) is 0 Å². The quantitative estimate of drug-likeness (QED) is 0.866. The first-order valence-electron chi connectivity index (χ1n) is 6.92. The lowest BCUT2D eigenvalue weighted by Crippen LogP contribution is -2.23. The molecule has 2 aromatic heterocycles. The topological polar surface area (TPSA) is 76.8 Å². The molecule has 114 valence electrons. The van der Waals surface area contributed by atoms with Crippen LogP contribution in [0, 0.1) is 13.8 Å². The van der Waals surface area contributed by atoms with Crippen molar-refractivity contribution >= 4 is 11.6 Å². The Morgan fingerprint density at radius 2 is 2.14 bits per heavy atom. The van der Waals surface area contributed by atoms with Crippen molar-refractivity contribution in [3.05, 3.63) is 29.3 Å². The van der Waals surface area contributed by atoms with Crippen LogP contribution in [0.2, 0.25) is 0 Å². The highest BCUT2D eigenvalue weighted by atomic mass is 16.1. The van der Waals surface area contributed by atoms with Crippen molar-refractivity contribution in [1.29, 1.82) is 0 Å². The molecule has 1 atom stereocenters. The van der Waals surface area contributed by atoms with E-state index in [-0.39, 0.29) is 18.5 Å². The van der Waals surface area contributed by atoms with Gasteiger partial charge in [-0.15, -0.1) is 0 Å². The predicted octanol–water partition coefficient (Wildman–Crippen LogP) is 1.15. The molecule has 0 aliphatic rings. The minimum atomic E-state index is -0.0725. The fourth-order valence-electron chi connectivity index (χ4n) is 2.49. The van der Waals surface area contributed by atoms with Crippen LogP contribution in [0.25, 0.3) is 0 Å². The molecule has 0 aliphatic heterocycles. The molecule has 0 spiro atoms. The maximum Gasteiger partial charge on any atom is 0.241 e. The van der Waals surface area contributed by atoms with E-state index in [2.05, 4.69) is 34.7 Å². The summed E-state index contributed by atoms with van der Waals surface area (Å²) in [4.78, 5) is 11.3. The molecule has 2 heterocycles. The maximum atomic E-state index is 11.3. The van der Waals surface area contributed by atoms with Crippen molar-refractivity contribution in [2.45, 2.75) is 33.4 Å². The highest BCUT2D eigenvalue weighted by molar-refractivity contribution is 5.75. The summed E-state index contributed by atoms with van der Waals surface area (Å²) in [6.45, 7) is 6.38. The highest BCUT2D eigenvalue weighted by Gasteiger charge is 2.16. The van der Waals surface area contributed by atoms with Gasteiger partial charge in [0.2, 0.25) is 5.91 Å². The van der Waals surface area contributed by atoms with Gasteiger partial charge in [-0.3, -0.25) is 14.2 Å². The molecule has 0 radical (unpaired) electrons. The SMILES string of the molecule is CNC(=O)Cn1cc(NC(C)c2c(C)nn(C)c2C)cn1. The van der Waals surface area contributed by atoms with Crippen molar-refractivity contribution in [1.82, 2.24) is 24.9 Å². The van der Waals surface area contributed by atoms with Gasteiger partial charge >= 0.3 is 0 Å². The van der Waals surface area contributed by atoms with Crippen molar-refractivity contribution in [2.24, 2.45) is 7.05 Å². The molecule has 2 N–H and O–H groups in total. The fraction of sp³-hybridized carbons (Fsp3) is 0.500. The van der Waals surface area contributed by atoms with Gasteiger partial charge in [0.1, 0.15) is 6.54 Å². The van der Waals surface area contributed by atoms with Crippen molar-refractivity contribution in [3.63, 3.8) is 0 Å². The minimum absolute atomic E-state index is 0.0725. The molecular formula is C14H22N6O. The van der Waals surface area contributed by atoms with E-state index in [1.165, 1.54) is 5.56 Å². The van der Waals surface area contributed by atoms with E-state index < -0.39 is 0 Å². The molecule has 0 saturated heterocycles. The standard InChI is InChI=1S/C14H22N6O/c1-9(14-10(2)18-19(5)11(14)3)17-12-6-16-20(7-12)8-13(21)15-4/h6-7,9,17H,8H2,1-5H3,(H,15,21). The van der Waals surface area contributed by atoms with E-state index >= 15 is 0 Å².